The molecular weight excluding hydrogens is 200 g/mol. The van der Waals surface area contributed by atoms with Crippen molar-refractivity contribution in [1.82, 2.24) is 4.98 Å². The van der Waals surface area contributed by atoms with Gasteiger partial charge in [-0.1, -0.05) is 18.2 Å². The summed E-state index contributed by atoms with van der Waals surface area (Å²) in [6, 6.07) is 11.8. The van der Waals surface area contributed by atoms with Gasteiger partial charge < -0.3 is 10.5 Å². The Morgan fingerprint density at radius 1 is 1.25 bits per heavy atom. The second-order valence-corrected chi connectivity index (χ2v) is 3.49. The molecule has 0 aliphatic carbocycles. The Morgan fingerprint density at radius 2 is 2.12 bits per heavy atom. The van der Waals surface area contributed by atoms with Crippen molar-refractivity contribution in [2.75, 3.05) is 7.11 Å². The summed E-state index contributed by atoms with van der Waals surface area (Å²) in [6.45, 7) is 0.519. The van der Waals surface area contributed by atoms with E-state index in [1.54, 1.807) is 13.3 Å². The lowest BCUT2D eigenvalue weighted by Gasteiger charge is -2.04. The molecule has 82 valence electrons. The first kappa shape index (κ1) is 10.6. The third kappa shape index (κ3) is 2.20. The summed E-state index contributed by atoms with van der Waals surface area (Å²) in [6.07, 6.45) is 1.80. The van der Waals surface area contributed by atoms with Crippen molar-refractivity contribution in [1.29, 1.82) is 0 Å². The molecule has 0 saturated carbocycles. The second kappa shape index (κ2) is 4.77. The average Bonchev–Trinajstić information content (AvgIpc) is 2.39. The fraction of sp³-hybridized carbons (Fsp3) is 0.154. The second-order valence-electron chi connectivity index (χ2n) is 3.49. The van der Waals surface area contributed by atoms with Gasteiger partial charge in [-0.25, -0.2) is 0 Å². The van der Waals surface area contributed by atoms with Gasteiger partial charge in [0.05, 0.1) is 12.8 Å². The van der Waals surface area contributed by atoms with Crippen molar-refractivity contribution < 1.29 is 4.74 Å². The minimum atomic E-state index is 0.519. The molecule has 1 heterocycles. The van der Waals surface area contributed by atoms with Crippen LogP contribution in [-0.2, 0) is 6.54 Å². The van der Waals surface area contributed by atoms with Crippen LogP contribution in [-0.4, -0.2) is 12.1 Å². The van der Waals surface area contributed by atoms with Crippen LogP contribution in [0.4, 0.5) is 0 Å². The standard InChI is InChI=1S/C13H14N2O/c1-16-12-4-2-3-11(7-12)13-6-5-10(8-14)9-15-13/h2-7,9H,8,14H2,1H3. The van der Waals surface area contributed by atoms with E-state index in [0.29, 0.717) is 6.54 Å². The first-order valence-electron chi connectivity index (χ1n) is 5.13. The van der Waals surface area contributed by atoms with Gasteiger partial charge >= 0.3 is 0 Å². The number of methoxy groups -OCH3 is 1. The predicted molar refractivity (Wildman–Crippen MR) is 64.1 cm³/mol. The minimum absolute atomic E-state index is 0.519. The van der Waals surface area contributed by atoms with Crippen LogP contribution in [0.3, 0.4) is 0 Å². The highest BCUT2D eigenvalue weighted by atomic mass is 16.5. The Hall–Kier alpha value is -1.87. The molecule has 1 aromatic carbocycles. The molecule has 0 atom stereocenters. The van der Waals surface area contributed by atoms with E-state index in [0.717, 1.165) is 22.6 Å². The van der Waals surface area contributed by atoms with Crippen LogP contribution in [0, 0.1) is 0 Å². The van der Waals surface area contributed by atoms with Crippen molar-refractivity contribution in [3.8, 4) is 17.0 Å². The Kier molecular flexibility index (Phi) is 3.17. The zero-order chi connectivity index (χ0) is 11.4. The maximum Gasteiger partial charge on any atom is 0.119 e. The molecule has 0 saturated heterocycles. The van der Waals surface area contributed by atoms with E-state index in [4.69, 9.17) is 10.5 Å². The summed E-state index contributed by atoms with van der Waals surface area (Å²) >= 11 is 0. The van der Waals surface area contributed by atoms with Gasteiger partial charge in [0.2, 0.25) is 0 Å². The van der Waals surface area contributed by atoms with Gasteiger partial charge in [-0.2, -0.15) is 0 Å². The van der Waals surface area contributed by atoms with Crippen LogP contribution in [0.2, 0.25) is 0 Å². The molecule has 0 aliphatic heterocycles. The molecule has 2 rings (SSSR count). The van der Waals surface area contributed by atoms with Crippen molar-refractivity contribution >= 4 is 0 Å². The Morgan fingerprint density at radius 3 is 2.75 bits per heavy atom. The maximum atomic E-state index is 5.52. The normalized spacial score (nSPS) is 10.1. The molecule has 0 spiro atoms. The number of aromatic nitrogens is 1. The number of hydrogen-bond acceptors (Lipinski definition) is 3. The fourth-order valence-corrected chi connectivity index (χ4v) is 1.50. The molecule has 0 aliphatic rings. The smallest absolute Gasteiger partial charge is 0.119 e. The van der Waals surface area contributed by atoms with E-state index in [-0.39, 0.29) is 0 Å². The third-order valence-electron chi connectivity index (χ3n) is 2.43. The molecule has 0 radical (unpaired) electrons. The third-order valence-corrected chi connectivity index (χ3v) is 2.43. The Balaban J connectivity index is 2.34. The fourth-order valence-electron chi connectivity index (χ4n) is 1.50. The summed E-state index contributed by atoms with van der Waals surface area (Å²) in [5, 5.41) is 0. The average molecular weight is 214 g/mol. The van der Waals surface area contributed by atoms with Crippen molar-refractivity contribution in [2.45, 2.75) is 6.54 Å². The quantitative estimate of drug-likeness (QED) is 0.852. The van der Waals surface area contributed by atoms with E-state index >= 15 is 0 Å². The molecule has 0 bridgehead atoms. The summed E-state index contributed by atoms with van der Waals surface area (Å²) in [7, 11) is 1.66. The van der Waals surface area contributed by atoms with E-state index in [9.17, 15) is 0 Å². The van der Waals surface area contributed by atoms with Gasteiger partial charge in [0.1, 0.15) is 5.75 Å². The van der Waals surface area contributed by atoms with Gasteiger partial charge in [-0.15, -0.1) is 0 Å². The largest absolute Gasteiger partial charge is 0.497 e. The molecule has 2 N–H and O–H groups in total. The van der Waals surface area contributed by atoms with E-state index < -0.39 is 0 Å². The van der Waals surface area contributed by atoms with Gasteiger partial charge in [0.15, 0.2) is 0 Å². The summed E-state index contributed by atoms with van der Waals surface area (Å²) in [4.78, 5) is 4.36. The SMILES string of the molecule is COc1cccc(-c2ccc(CN)cn2)c1. The Labute approximate surface area is 94.9 Å². The lowest BCUT2D eigenvalue weighted by atomic mass is 10.1. The lowest BCUT2D eigenvalue weighted by molar-refractivity contribution is 0.415. The van der Waals surface area contributed by atoms with E-state index in [1.807, 2.05) is 36.4 Å². The van der Waals surface area contributed by atoms with Crippen LogP contribution in [0.15, 0.2) is 42.6 Å². The molecular formula is C13H14N2O. The number of nitrogens with two attached hydrogens (primary N) is 1. The predicted octanol–water partition coefficient (Wildman–Crippen LogP) is 2.22. The van der Waals surface area contributed by atoms with E-state index in [1.165, 1.54) is 0 Å². The minimum Gasteiger partial charge on any atom is -0.497 e. The summed E-state index contributed by atoms with van der Waals surface area (Å²) in [5.41, 5.74) is 8.53. The number of benzene rings is 1. The van der Waals surface area contributed by atoms with Gasteiger partial charge in [-0.05, 0) is 23.8 Å². The lowest BCUT2D eigenvalue weighted by Crippen LogP contribution is -1.96. The van der Waals surface area contributed by atoms with Crippen molar-refractivity contribution in [3.05, 3.63) is 48.2 Å². The van der Waals surface area contributed by atoms with Crippen LogP contribution in [0.5, 0.6) is 5.75 Å². The zero-order valence-corrected chi connectivity index (χ0v) is 9.18. The van der Waals surface area contributed by atoms with E-state index in [2.05, 4.69) is 4.98 Å². The highest BCUT2D eigenvalue weighted by Gasteiger charge is 2.00. The molecule has 0 amide bonds. The Bertz CT molecular complexity index is 466. The highest BCUT2D eigenvalue weighted by molar-refractivity contribution is 5.61. The molecule has 16 heavy (non-hydrogen) atoms. The summed E-state index contributed by atoms with van der Waals surface area (Å²) < 4.78 is 5.17. The molecule has 3 nitrogen and oxygen atoms in total. The highest BCUT2D eigenvalue weighted by Crippen LogP contribution is 2.21. The summed E-state index contributed by atoms with van der Waals surface area (Å²) in [5.74, 6) is 0.835. The molecule has 0 fully saturated rings. The number of nitrogens with zero attached hydrogens (tertiary/aromatic N) is 1. The molecule has 3 heteroatoms. The van der Waals surface area contributed by atoms with Gasteiger partial charge in [0.25, 0.3) is 0 Å². The maximum absolute atomic E-state index is 5.52. The van der Waals surface area contributed by atoms with Crippen LogP contribution < -0.4 is 10.5 Å². The number of ether oxygens (including phenoxy) is 1. The molecule has 2 aromatic rings. The number of rotatable bonds is 3. The van der Waals surface area contributed by atoms with Crippen LogP contribution >= 0.6 is 0 Å². The van der Waals surface area contributed by atoms with Crippen molar-refractivity contribution in [2.24, 2.45) is 5.73 Å². The van der Waals surface area contributed by atoms with Crippen LogP contribution in [0.25, 0.3) is 11.3 Å². The van der Waals surface area contributed by atoms with Crippen molar-refractivity contribution in [3.63, 3.8) is 0 Å². The first-order chi connectivity index (χ1) is 7.83. The number of pyridine rings is 1. The monoisotopic (exact) mass is 214 g/mol. The molecule has 0 unspecified atom stereocenters. The van der Waals surface area contributed by atoms with Gasteiger partial charge in [-0.3, -0.25) is 4.98 Å². The first-order valence-corrected chi connectivity index (χ1v) is 5.13. The topological polar surface area (TPSA) is 48.1 Å². The van der Waals surface area contributed by atoms with Gasteiger partial charge in [0, 0.05) is 18.3 Å². The number of hydrogen-bond donors (Lipinski definition) is 1. The van der Waals surface area contributed by atoms with Crippen LogP contribution in [0.1, 0.15) is 5.56 Å². The molecule has 1 aromatic heterocycles. The zero-order valence-electron chi connectivity index (χ0n) is 9.18.